The van der Waals surface area contributed by atoms with Crippen LogP contribution in [0.15, 0.2) is 41.4 Å². The van der Waals surface area contributed by atoms with Gasteiger partial charge >= 0.3 is 0 Å². The first-order valence-electron chi connectivity index (χ1n) is 4.19. The van der Waals surface area contributed by atoms with Gasteiger partial charge in [-0.3, -0.25) is 0 Å². The Balaban J connectivity index is 2.21. The van der Waals surface area contributed by atoms with Crippen LogP contribution in [0.2, 0.25) is 0 Å². The zero-order valence-corrected chi connectivity index (χ0v) is 7.17. The minimum atomic E-state index is -0.213. The van der Waals surface area contributed by atoms with Gasteiger partial charge in [0.1, 0.15) is 5.84 Å². The fourth-order valence-electron chi connectivity index (χ4n) is 1.47. The Morgan fingerprint density at radius 2 is 2.50 bits per heavy atom. The molecule has 0 saturated carbocycles. The highest BCUT2D eigenvalue weighted by molar-refractivity contribution is 5.89. The molecule has 2 nitrogen and oxygen atoms in total. The lowest BCUT2D eigenvalue weighted by molar-refractivity contribution is 0.545. The topological polar surface area (TPSA) is 24.4 Å². The average Bonchev–Trinajstić information content (AvgIpc) is 2.45. The monoisotopic (exact) mass is 160 g/mol. The lowest BCUT2D eigenvalue weighted by atomic mass is 10.1. The fourth-order valence-corrected chi connectivity index (χ4v) is 1.47. The summed E-state index contributed by atoms with van der Waals surface area (Å²) in [5.41, 5.74) is 0.927. The lowest BCUT2D eigenvalue weighted by Crippen LogP contribution is -2.52. The van der Waals surface area contributed by atoms with E-state index >= 15 is 0 Å². The molecule has 0 amide bonds. The van der Waals surface area contributed by atoms with Gasteiger partial charge < -0.3 is 5.32 Å². The first-order chi connectivity index (χ1) is 5.78. The highest BCUT2D eigenvalue weighted by atomic mass is 15.3. The van der Waals surface area contributed by atoms with Gasteiger partial charge in [0, 0.05) is 6.42 Å². The van der Waals surface area contributed by atoms with Crippen LogP contribution in [0, 0.1) is 0 Å². The summed E-state index contributed by atoms with van der Waals surface area (Å²) in [5, 5.41) is 3.31. The van der Waals surface area contributed by atoms with E-state index in [0.717, 1.165) is 17.8 Å². The second-order valence-electron chi connectivity index (χ2n) is 3.04. The van der Waals surface area contributed by atoms with Gasteiger partial charge in [0.15, 0.2) is 5.66 Å². The minimum absolute atomic E-state index is 0.213. The Morgan fingerprint density at radius 1 is 1.75 bits per heavy atom. The molecule has 1 atom stereocenters. The van der Waals surface area contributed by atoms with Crippen molar-refractivity contribution in [2.45, 2.75) is 19.0 Å². The molecule has 0 aromatic carbocycles. The number of hydrogen-bond donors (Lipinski definition) is 1. The van der Waals surface area contributed by atoms with Crippen molar-refractivity contribution in [1.29, 1.82) is 0 Å². The van der Waals surface area contributed by atoms with E-state index in [1.807, 2.05) is 12.2 Å². The first-order valence-corrected chi connectivity index (χ1v) is 4.19. The molecule has 1 spiro atoms. The molecule has 12 heavy (non-hydrogen) atoms. The van der Waals surface area contributed by atoms with Crippen LogP contribution >= 0.6 is 0 Å². The van der Waals surface area contributed by atoms with E-state index in [1.54, 1.807) is 0 Å². The van der Waals surface area contributed by atoms with Gasteiger partial charge in [-0.2, -0.15) is 0 Å². The summed E-state index contributed by atoms with van der Waals surface area (Å²) in [6.07, 6.45) is 9.00. The number of nitrogens with zero attached hydrogens (tertiary/aromatic N) is 1. The number of aliphatic imine (C=N–C) groups is 1. The number of allylic oxidation sites excluding steroid dienone is 3. The van der Waals surface area contributed by atoms with Gasteiger partial charge in [0.25, 0.3) is 0 Å². The molecule has 0 fully saturated rings. The van der Waals surface area contributed by atoms with Gasteiger partial charge in [0.05, 0.1) is 0 Å². The summed E-state index contributed by atoms with van der Waals surface area (Å²) in [6, 6.07) is 0. The molecule has 0 saturated heterocycles. The smallest absolute Gasteiger partial charge is 0.171 e. The summed E-state index contributed by atoms with van der Waals surface area (Å²) in [4.78, 5) is 4.46. The largest absolute Gasteiger partial charge is 0.343 e. The van der Waals surface area contributed by atoms with Crippen molar-refractivity contribution in [2.24, 2.45) is 4.99 Å². The van der Waals surface area contributed by atoms with Gasteiger partial charge in [-0.25, -0.2) is 4.99 Å². The van der Waals surface area contributed by atoms with Crippen LogP contribution in [-0.2, 0) is 0 Å². The van der Waals surface area contributed by atoms with Crippen molar-refractivity contribution < 1.29 is 0 Å². The maximum atomic E-state index is 4.46. The molecule has 0 aromatic rings. The molecule has 1 unspecified atom stereocenters. The first kappa shape index (κ1) is 7.35. The van der Waals surface area contributed by atoms with Crippen LogP contribution in [0.3, 0.4) is 0 Å². The molecule has 0 aromatic heterocycles. The Bertz CT molecular complexity index is 310. The third-order valence-corrected chi connectivity index (χ3v) is 2.15. The van der Waals surface area contributed by atoms with E-state index < -0.39 is 0 Å². The van der Waals surface area contributed by atoms with Crippen molar-refractivity contribution in [2.75, 3.05) is 0 Å². The zero-order valence-electron chi connectivity index (χ0n) is 7.17. The summed E-state index contributed by atoms with van der Waals surface area (Å²) < 4.78 is 0. The Hall–Kier alpha value is -1.31. The zero-order chi connectivity index (χ0) is 8.60. The fraction of sp³-hybridized carbons (Fsp3) is 0.300. The van der Waals surface area contributed by atoms with E-state index in [1.165, 1.54) is 0 Å². The van der Waals surface area contributed by atoms with Crippen molar-refractivity contribution in [3.05, 3.63) is 36.5 Å². The number of nitrogens with one attached hydrogen (secondary N) is 1. The summed E-state index contributed by atoms with van der Waals surface area (Å²) in [5.74, 6) is 1.08. The van der Waals surface area contributed by atoms with Crippen LogP contribution in [0.1, 0.15) is 13.3 Å². The summed E-state index contributed by atoms with van der Waals surface area (Å²) >= 11 is 0. The molecule has 2 heteroatoms. The molecule has 1 aliphatic heterocycles. The number of amidine groups is 1. The van der Waals surface area contributed by atoms with Gasteiger partial charge in [-0.05, 0) is 17.7 Å². The molecule has 1 heterocycles. The Labute approximate surface area is 72.4 Å². The highest BCUT2D eigenvalue weighted by Gasteiger charge is 2.34. The molecule has 1 aliphatic carbocycles. The van der Waals surface area contributed by atoms with Crippen molar-refractivity contribution in [3.8, 4) is 0 Å². The molecule has 62 valence electrons. The maximum absolute atomic E-state index is 4.46. The predicted molar refractivity (Wildman–Crippen MR) is 51.0 cm³/mol. The second-order valence-corrected chi connectivity index (χ2v) is 3.04. The molecule has 0 radical (unpaired) electrons. The highest BCUT2D eigenvalue weighted by Crippen LogP contribution is 2.28. The third kappa shape index (κ3) is 0.916. The molecule has 2 aliphatic rings. The molecule has 0 bridgehead atoms. The van der Waals surface area contributed by atoms with Crippen molar-refractivity contribution in [3.63, 3.8) is 0 Å². The SMILES string of the molecule is C=CC1=CC2(C=C1)N=C(CC)N2. The van der Waals surface area contributed by atoms with E-state index in [9.17, 15) is 0 Å². The van der Waals surface area contributed by atoms with Crippen LogP contribution in [-0.4, -0.2) is 11.5 Å². The maximum Gasteiger partial charge on any atom is 0.171 e. The quantitative estimate of drug-likeness (QED) is 0.654. The Morgan fingerprint density at radius 3 is 3.00 bits per heavy atom. The summed E-state index contributed by atoms with van der Waals surface area (Å²) in [7, 11) is 0. The van der Waals surface area contributed by atoms with Crippen molar-refractivity contribution >= 4 is 5.84 Å². The normalized spacial score (nSPS) is 30.8. The van der Waals surface area contributed by atoms with Gasteiger partial charge in [-0.1, -0.05) is 25.7 Å². The molecular formula is C10H12N2. The lowest BCUT2D eigenvalue weighted by Gasteiger charge is -2.34. The molecule has 1 N–H and O–H groups in total. The minimum Gasteiger partial charge on any atom is -0.343 e. The standard InChI is InChI=1S/C10H12N2/c1-3-8-5-6-10(7-8)11-9(4-2)12-10/h3,5-7H,1,4H2,2H3,(H,11,12). The average molecular weight is 160 g/mol. The van der Waals surface area contributed by atoms with Crippen LogP contribution < -0.4 is 5.32 Å². The second kappa shape index (κ2) is 2.34. The predicted octanol–water partition coefficient (Wildman–Crippen LogP) is 1.78. The van der Waals surface area contributed by atoms with Crippen LogP contribution in [0.4, 0.5) is 0 Å². The van der Waals surface area contributed by atoms with E-state index in [4.69, 9.17) is 0 Å². The molecule has 2 rings (SSSR count). The summed E-state index contributed by atoms with van der Waals surface area (Å²) in [6.45, 7) is 5.80. The third-order valence-electron chi connectivity index (χ3n) is 2.15. The van der Waals surface area contributed by atoms with E-state index in [2.05, 4.69) is 36.0 Å². The van der Waals surface area contributed by atoms with Crippen molar-refractivity contribution in [1.82, 2.24) is 5.32 Å². The van der Waals surface area contributed by atoms with E-state index in [-0.39, 0.29) is 5.66 Å². The van der Waals surface area contributed by atoms with E-state index in [0.29, 0.717) is 0 Å². The number of rotatable bonds is 2. The Kier molecular flexibility index (Phi) is 1.43. The van der Waals surface area contributed by atoms with Crippen LogP contribution in [0.25, 0.3) is 0 Å². The van der Waals surface area contributed by atoms with Crippen LogP contribution in [0.5, 0.6) is 0 Å². The van der Waals surface area contributed by atoms with Gasteiger partial charge in [0.2, 0.25) is 0 Å². The molecular weight excluding hydrogens is 148 g/mol. The number of hydrogen-bond acceptors (Lipinski definition) is 2. The van der Waals surface area contributed by atoms with Gasteiger partial charge in [-0.15, -0.1) is 0 Å².